The Morgan fingerprint density at radius 3 is 2.42 bits per heavy atom. The summed E-state index contributed by atoms with van der Waals surface area (Å²) >= 11 is 3.07. The summed E-state index contributed by atoms with van der Waals surface area (Å²) in [4.78, 5) is 35.1. The summed E-state index contributed by atoms with van der Waals surface area (Å²) in [5, 5.41) is 2.33. The fraction of sp³-hybridized carbons (Fsp3) is 0.188. The van der Waals surface area contributed by atoms with Gasteiger partial charge in [-0.2, -0.15) is 0 Å². The number of ether oxygens (including phenoxy) is 2. The van der Waals surface area contributed by atoms with E-state index in [1.165, 1.54) is 13.2 Å². The highest BCUT2D eigenvalue weighted by Gasteiger charge is 2.14. The number of carbonyl (C=O) groups excluding carboxylic acids is 3. The Morgan fingerprint density at radius 2 is 1.83 bits per heavy atom. The lowest BCUT2D eigenvalue weighted by Crippen LogP contribution is -2.31. The van der Waals surface area contributed by atoms with Gasteiger partial charge in [0.25, 0.3) is 5.91 Å². The second-order valence-corrected chi connectivity index (χ2v) is 5.38. The van der Waals surface area contributed by atoms with E-state index in [4.69, 9.17) is 13.9 Å². The summed E-state index contributed by atoms with van der Waals surface area (Å²) in [6, 6.07) is 9.43. The molecule has 0 saturated carbocycles. The lowest BCUT2D eigenvalue weighted by molar-refractivity contribution is -0.141. The third kappa shape index (κ3) is 4.95. The number of Topliss-reactive ketones (excluding diaryl/α,β-unsaturated/α-hetero) is 1. The standard InChI is InChI=1S/C16H14BrNO6/c1-22-11-4-2-10(3-5-11)12(19)9-23-15(20)8-18-16(21)13-6-7-14(17)24-13/h2-7H,8-9H2,1H3,(H,18,21). The van der Waals surface area contributed by atoms with Crippen molar-refractivity contribution in [3.63, 3.8) is 0 Å². The number of hydrogen-bond acceptors (Lipinski definition) is 6. The largest absolute Gasteiger partial charge is 0.497 e. The normalized spacial score (nSPS) is 10.1. The predicted octanol–water partition coefficient (Wildman–Crippen LogP) is 2.21. The minimum absolute atomic E-state index is 0.0592. The van der Waals surface area contributed by atoms with Crippen molar-refractivity contribution in [2.45, 2.75) is 0 Å². The molecule has 0 saturated heterocycles. The van der Waals surface area contributed by atoms with Gasteiger partial charge in [0.15, 0.2) is 22.8 Å². The van der Waals surface area contributed by atoms with Crippen LogP contribution in [0.2, 0.25) is 0 Å². The molecule has 2 aromatic rings. The van der Waals surface area contributed by atoms with Crippen LogP contribution >= 0.6 is 15.9 Å². The average molecular weight is 396 g/mol. The number of amides is 1. The molecule has 0 unspecified atom stereocenters. The maximum atomic E-state index is 11.9. The Balaban J connectivity index is 1.76. The Hall–Kier alpha value is -2.61. The molecule has 0 aliphatic heterocycles. The Labute approximate surface area is 146 Å². The molecule has 0 spiro atoms. The van der Waals surface area contributed by atoms with Gasteiger partial charge < -0.3 is 19.2 Å². The smallest absolute Gasteiger partial charge is 0.325 e. The van der Waals surface area contributed by atoms with Gasteiger partial charge in [0.2, 0.25) is 0 Å². The summed E-state index contributed by atoms with van der Waals surface area (Å²) in [5.74, 6) is -0.956. The number of furan rings is 1. The topological polar surface area (TPSA) is 94.8 Å². The summed E-state index contributed by atoms with van der Waals surface area (Å²) in [6.45, 7) is -0.777. The number of nitrogens with one attached hydrogen (secondary N) is 1. The summed E-state index contributed by atoms with van der Waals surface area (Å²) in [7, 11) is 1.52. The SMILES string of the molecule is COc1ccc(C(=O)COC(=O)CNC(=O)c2ccc(Br)o2)cc1. The van der Waals surface area contributed by atoms with E-state index in [1.54, 1.807) is 30.3 Å². The van der Waals surface area contributed by atoms with Gasteiger partial charge in [0.1, 0.15) is 12.3 Å². The van der Waals surface area contributed by atoms with Gasteiger partial charge in [-0.15, -0.1) is 0 Å². The second-order valence-electron chi connectivity index (χ2n) is 4.60. The molecule has 1 heterocycles. The summed E-state index contributed by atoms with van der Waals surface area (Å²) in [5.41, 5.74) is 0.396. The molecule has 8 heteroatoms. The number of halogens is 1. The van der Waals surface area contributed by atoms with Crippen molar-refractivity contribution in [1.29, 1.82) is 0 Å². The van der Waals surface area contributed by atoms with E-state index in [0.717, 1.165) is 0 Å². The number of rotatable bonds is 7. The van der Waals surface area contributed by atoms with Crippen LogP contribution in [-0.2, 0) is 9.53 Å². The lowest BCUT2D eigenvalue weighted by atomic mass is 10.1. The number of esters is 1. The van der Waals surface area contributed by atoms with E-state index >= 15 is 0 Å². The van der Waals surface area contributed by atoms with Crippen molar-refractivity contribution in [2.75, 3.05) is 20.3 Å². The highest BCUT2D eigenvalue weighted by molar-refractivity contribution is 9.10. The fourth-order valence-corrected chi connectivity index (χ4v) is 2.04. The van der Waals surface area contributed by atoms with E-state index in [9.17, 15) is 14.4 Å². The van der Waals surface area contributed by atoms with E-state index in [0.29, 0.717) is 16.0 Å². The molecule has 0 bridgehead atoms. The van der Waals surface area contributed by atoms with Crippen molar-refractivity contribution < 1.29 is 28.3 Å². The monoisotopic (exact) mass is 395 g/mol. The van der Waals surface area contributed by atoms with Crippen molar-refractivity contribution in [3.8, 4) is 5.75 Å². The fourth-order valence-electron chi connectivity index (χ4n) is 1.73. The molecule has 126 valence electrons. The molecular formula is C16H14BrNO6. The summed E-state index contributed by atoms with van der Waals surface area (Å²) < 4.78 is 15.3. The Morgan fingerprint density at radius 1 is 1.12 bits per heavy atom. The molecule has 0 atom stereocenters. The first-order valence-corrected chi connectivity index (χ1v) is 7.65. The third-order valence-corrected chi connectivity index (χ3v) is 3.39. The predicted molar refractivity (Wildman–Crippen MR) is 87.0 cm³/mol. The van der Waals surface area contributed by atoms with Crippen LogP contribution in [0.5, 0.6) is 5.75 Å². The summed E-state index contributed by atoms with van der Waals surface area (Å²) in [6.07, 6.45) is 0. The van der Waals surface area contributed by atoms with Crippen LogP contribution in [0.3, 0.4) is 0 Å². The maximum absolute atomic E-state index is 11.9. The van der Waals surface area contributed by atoms with Gasteiger partial charge in [0, 0.05) is 5.56 Å². The molecule has 1 N–H and O–H groups in total. The first-order valence-electron chi connectivity index (χ1n) is 6.86. The zero-order valence-electron chi connectivity index (χ0n) is 12.7. The van der Waals surface area contributed by atoms with E-state index < -0.39 is 18.5 Å². The highest BCUT2D eigenvalue weighted by atomic mass is 79.9. The Bertz CT molecular complexity index is 737. The number of methoxy groups -OCH3 is 1. The van der Waals surface area contributed by atoms with Crippen LogP contribution < -0.4 is 10.1 Å². The number of benzene rings is 1. The quantitative estimate of drug-likeness (QED) is 0.570. The maximum Gasteiger partial charge on any atom is 0.325 e. The van der Waals surface area contributed by atoms with Crippen LogP contribution in [0.15, 0.2) is 45.5 Å². The average Bonchev–Trinajstić information content (AvgIpc) is 3.04. The number of ketones is 1. The molecule has 1 aromatic heterocycles. The number of hydrogen-bond donors (Lipinski definition) is 1. The van der Waals surface area contributed by atoms with Gasteiger partial charge >= 0.3 is 5.97 Å². The van der Waals surface area contributed by atoms with Gasteiger partial charge in [-0.05, 0) is 52.3 Å². The Kier molecular flexibility index (Phi) is 6.14. The molecule has 1 aromatic carbocycles. The van der Waals surface area contributed by atoms with Gasteiger partial charge in [-0.1, -0.05) is 0 Å². The first kappa shape index (κ1) is 17.7. The third-order valence-electron chi connectivity index (χ3n) is 2.97. The highest BCUT2D eigenvalue weighted by Crippen LogP contribution is 2.14. The van der Waals surface area contributed by atoms with E-state index in [2.05, 4.69) is 21.2 Å². The molecule has 0 aliphatic rings. The van der Waals surface area contributed by atoms with Crippen molar-refractivity contribution in [2.24, 2.45) is 0 Å². The molecule has 0 aliphatic carbocycles. The zero-order chi connectivity index (χ0) is 17.5. The molecule has 24 heavy (non-hydrogen) atoms. The minimum atomic E-state index is -0.726. The molecule has 7 nitrogen and oxygen atoms in total. The second kappa shape index (κ2) is 8.30. The molecular weight excluding hydrogens is 382 g/mol. The van der Waals surface area contributed by atoms with Gasteiger partial charge in [-0.25, -0.2) is 0 Å². The molecule has 0 fully saturated rings. The van der Waals surface area contributed by atoms with Crippen LogP contribution in [0.1, 0.15) is 20.9 Å². The first-order chi connectivity index (χ1) is 11.5. The van der Waals surface area contributed by atoms with E-state index in [-0.39, 0.29) is 18.1 Å². The van der Waals surface area contributed by atoms with Crippen LogP contribution in [0.25, 0.3) is 0 Å². The van der Waals surface area contributed by atoms with Gasteiger partial charge in [-0.3, -0.25) is 14.4 Å². The minimum Gasteiger partial charge on any atom is -0.497 e. The van der Waals surface area contributed by atoms with E-state index in [1.807, 2.05) is 0 Å². The van der Waals surface area contributed by atoms with Crippen molar-refractivity contribution in [1.82, 2.24) is 5.32 Å². The lowest BCUT2D eigenvalue weighted by Gasteiger charge is -2.06. The van der Waals surface area contributed by atoms with Crippen molar-refractivity contribution in [3.05, 3.63) is 52.4 Å². The van der Waals surface area contributed by atoms with Gasteiger partial charge in [0.05, 0.1) is 7.11 Å². The van der Waals surface area contributed by atoms with Crippen LogP contribution in [0.4, 0.5) is 0 Å². The van der Waals surface area contributed by atoms with Crippen molar-refractivity contribution >= 4 is 33.6 Å². The van der Waals surface area contributed by atoms with Crippen LogP contribution in [-0.4, -0.2) is 37.9 Å². The molecule has 0 radical (unpaired) electrons. The zero-order valence-corrected chi connectivity index (χ0v) is 14.3. The van der Waals surface area contributed by atoms with Crippen LogP contribution in [0, 0.1) is 0 Å². The number of carbonyl (C=O) groups is 3. The molecule has 1 amide bonds. The molecule has 2 rings (SSSR count).